The second kappa shape index (κ2) is 13.6. The van der Waals surface area contributed by atoms with Crippen LogP contribution in [0.5, 0.6) is 5.75 Å². The first-order valence-corrected chi connectivity index (χ1v) is 13.0. The van der Waals surface area contributed by atoms with Gasteiger partial charge in [0.05, 0.1) is 18.2 Å². The molecular formula is C30H38N2O4. The third kappa shape index (κ3) is 6.85. The van der Waals surface area contributed by atoms with Gasteiger partial charge in [-0.3, -0.25) is 9.59 Å². The molecule has 1 aliphatic rings. The predicted octanol–water partition coefficient (Wildman–Crippen LogP) is 5.58. The number of allylic oxidation sites excluding steroid dienone is 1. The van der Waals surface area contributed by atoms with Gasteiger partial charge in [0.1, 0.15) is 5.75 Å². The van der Waals surface area contributed by atoms with Gasteiger partial charge in [0.2, 0.25) is 0 Å². The van der Waals surface area contributed by atoms with Crippen LogP contribution in [0.3, 0.4) is 0 Å². The predicted molar refractivity (Wildman–Crippen MR) is 144 cm³/mol. The highest BCUT2D eigenvalue weighted by Gasteiger charge is 2.42. The molecule has 36 heavy (non-hydrogen) atoms. The molecule has 0 radical (unpaired) electrons. The molecule has 1 unspecified atom stereocenters. The number of ketones is 1. The van der Waals surface area contributed by atoms with Crippen LogP contribution in [0.4, 0.5) is 0 Å². The molecular weight excluding hydrogens is 452 g/mol. The molecule has 0 spiro atoms. The first-order chi connectivity index (χ1) is 17.5. The summed E-state index contributed by atoms with van der Waals surface area (Å²) in [4.78, 5) is 30.4. The van der Waals surface area contributed by atoms with Crippen LogP contribution in [0.25, 0.3) is 6.08 Å². The molecule has 3 rings (SSSR count). The lowest BCUT2D eigenvalue weighted by atomic mass is 9.95. The van der Waals surface area contributed by atoms with Crippen molar-refractivity contribution in [3.05, 3.63) is 83.1 Å². The van der Waals surface area contributed by atoms with Crippen LogP contribution in [0.15, 0.2) is 72.0 Å². The number of amides is 1. The molecule has 1 amide bonds. The highest BCUT2D eigenvalue weighted by atomic mass is 16.5. The van der Waals surface area contributed by atoms with Crippen LogP contribution < -0.4 is 4.74 Å². The maximum Gasteiger partial charge on any atom is 0.290 e. The number of carbonyl (C=O) groups is 2. The second-order valence-electron chi connectivity index (χ2n) is 8.92. The van der Waals surface area contributed by atoms with Crippen molar-refractivity contribution in [3.63, 3.8) is 0 Å². The number of hydrogen-bond donors (Lipinski definition) is 1. The van der Waals surface area contributed by atoms with E-state index in [0.717, 1.165) is 55.8 Å². The van der Waals surface area contributed by atoms with Crippen molar-refractivity contribution in [1.82, 2.24) is 9.80 Å². The molecule has 6 heteroatoms. The van der Waals surface area contributed by atoms with E-state index in [-0.39, 0.29) is 11.4 Å². The summed E-state index contributed by atoms with van der Waals surface area (Å²) in [6.45, 7) is 10.1. The Morgan fingerprint density at radius 2 is 1.72 bits per heavy atom. The Bertz CT molecular complexity index is 1060. The molecule has 192 valence electrons. The van der Waals surface area contributed by atoms with Gasteiger partial charge in [0.15, 0.2) is 11.5 Å². The maximum atomic E-state index is 13.3. The molecule has 1 aliphatic heterocycles. The first kappa shape index (κ1) is 27.2. The largest absolute Gasteiger partial charge is 0.503 e. The summed E-state index contributed by atoms with van der Waals surface area (Å²) in [5, 5.41) is 10.8. The van der Waals surface area contributed by atoms with Gasteiger partial charge in [0, 0.05) is 6.54 Å². The quantitative estimate of drug-likeness (QED) is 0.277. The molecule has 6 nitrogen and oxygen atoms in total. The molecule has 1 atom stereocenters. The number of aliphatic hydroxyl groups is 1. The third-order valence-corrected chi connectivity index (χ3v) is 6.53. The minimum Gasteiger partial charge on any atom is -0.503 e. The Morgan fingerprint density at radius 3 is 2.36 bits per heavy atom. The summed E-state index contributed by atoms with van der Waals surface area (Å²) in [7, 11) is 0. The van der Waals surface area contributed by atoms with Crippen molar-refractivity contribution in [2.24, 2.45) is 0 Å². The second-order valence-corrected chi connectivity index (χ2v) is 8.92. The van der Waals surface area contributed by atoms with E-state index < -0.39 is 17.7 Å². The van der Waals surface area contributed by atoms with Crippen molar-refractivity contribution in [2.75, 3.05) is 32.8 Å². The van der Waals surface area contributed by atoms with Gasteiger partial charge < -0.3 is 19.6 Å². The first-order valence-electron chi connectivity index (χ1n) is 13.0. The Balaban J connectivity index is 1.87. The van der Waals surface area contributed by atoms with E-state index in [4.69, 9.17) is 4.74 Å². The monoisotopic (exact) mass is 490 g/mol. The van der Waals surface area contributed by atoms with E-state index in [2.05, 4.69) is 25.7 Å². The highest BCUT2D eigenvalue weighted by molar-refractivity contribution is 6.14. The summed E-state index contributed by atoms with van der Waals surface area (Å²) >= 11 is 0. The fraction of sp³-hybridized carbons (Fsp3) is 0.400. The van der Waals surface area contributed by atoms with Crippen LogP contribution >= 0.6 is 0 Å². The molecule has 1 N–H and O–H groups in total. The number of hydrogen-bond acceptors (Lipinski definition) is 5. The van der Waals surface area contributed by atoms with Crippen LogP contribution in [0.2, 0.25) is 0 Å². The lowest BCUT2D eigenvalue weighted by Gasteiger charge is -2.28. The average Bonchev–Trinajstić information content (AvgIpc) is 3.16. The van der Waals surface area contributed by atoms with Gasteiger partial charge in [-0.15, -0.1) is 0 Å². The van der Waals surface area contributed by atoms with E-state index in [1.807, 2.05) is 54.6 Å². The summed E-state index contributed by atoms with van der Waals surface area (Å²) in [5.74, 6) is -0.591. The van der Waals surface area contributed by atoms with Gasteiger partial charge in [-0.05, 0) is 61.8 Å². The van der Waals surface area contributed by atoms with E-state index >= 15 is 0 Å². The topological polar surface area (TPSA) is 70.1 Å². The van der Waals surface area contributed by atoms with Gasteiger partial charge in [0.25, 0.3) is 5.91 Å². The van der Waals surface area contributed by atoms with Gasteiger partial charge >= 0.3 is 0 Å². The molecule has 0 aliphatic carbocycles. The number of unbranched alkanes of at least 4 members (excludes halogenated alkanes) is 1. The Kier molecular flexibility index (Phi) is 10.3. The normalized spacial score (nSPS) is 15.9. The van der Waals surface area contributed by atoms with E-state index in [1.165, 1.54) is 6.08 Å². The number of aliphatic hydroxyl groups excluding tert-OH is 1. The van der Waals surface area contributed by atoms with Crippen LogP contribution in [-0.4, -0.2) is 59.4 Å². The van der Waals surface area contributed by atoms with Crippen molar-refractivity contribution < 1.29 is 19.4 Å². The van der Waals surface area contributed by atoms with E-state index in [1.54, 1.807) is 11.0 Å². The van der Waals surface area contributed by atoms with Crippen LogP contribution in [0, 0.1) is 0 Å². The van der Waals surface area contributed by atoms with Crippen molar-refractivity contribution in [3.8, 4) is 5.75 Å². The van der Waals surface area contributed by atoms with Gasteiger partial charge in [-0.2, -0.15) is 0 Å². The zero-order chi connectivity index (χ0) is 25.9. The summed E-state index contributed by atoms with van der Waals surface area (Å²) in [6, 6.07) is 16.3. The average molecular weight is 491 g/mol. The van der Waals surface area contributed by atoms with Crippen molar-refractivity contribution in [1.29, 1.82) is 0 Å². The Hall–Kier alpha value is -3.38. The molecule has 0 fully saturated rings. The molecule has 0 bridgehead atoms. The Morgan fingerprint density at radius 1 is 1.03 bits per heavy atom. The number of nitrogens with zero attached hydrogens (tertiary/aromatic N) is 2. The number of rotatable bonds is 14. The van der Waals surface area contributed by atoms with E-state index in [9.17, 15) is 14.7 Å². The zero-order valence-electron chi connectivity index (χ0n) is 21.7. The smallest absolute Gasteiger partial charge is 0.290 e. The van der Waals surface area contributed by atoms with Gasteiger partial charge in [-0.25, -0.2) is 0 Å². The van der Waals surface area contributed by atoms with Crippen molar-refractivity contribution in [2.45, 2.75) is 46.1 Å². The molecule has 2 aromatic carbocycles. The summed E-state index contributed by atoms with van der Waals surface area (Å²) in [5.41, 5.74) is 1.76. The van der Waals surface area contributed by atoms with Crippen LogP contribution in [0.1, 0.15) is 57.2 Å². The fourth-order valence-electron chi connectivity index (χ4n) is 4.39. The summed E-state index contributed by atoms with van der Waals surface area (Å²) in [6.07, 6.45) is 5.91. The minimum atomic E-state index is -0.646. The molecule has 0 aromatic heterocycles. The zero-order valence-corrected chi connectivity index (χ0v) is 21.7. The van der Waals surface area contributed by atoms with Crippen LogP contribution in [-0.2, 0) is 9.59 Å². The van der Waals surface area contributed by atoms with Gasteiger partial charge in [-0.1, -0.05) is 75.7 Å². The van der Waals surface area contributed by atoms with Crippen molar-refractivity contribution >= 4 is 17.8 Å². The summed E-state index contributed by atoms with van der Waals surface area (Å²) < 4.78 is 5.79. The number of ether oxygens (including phenoxy) is 1. The number of benzene rings is 2. The SMILES string of the molecule is CCCCOc1ccc(C2C(C(=O)C=Cc3ccccc3)=C(O)C(=O)N2CCCN(CC)CC)cc1. The fourth-order valence-corrected chi connectivity index (χ4v) is 4.39. The molecule has 0 saturated heterocycles. The molecule has 0 saturated carbocycles. The lowest BCUT2D eigenvalue weighted by molar-refractivity contribution is -0.129. The highest BCUT2D eigenvalue weighted by Crippen LogP contribution is 2.38. The standard InChI is InChI=1S/C30H38N2O4/c1-4-7-22-36-25-17-15-24(16-18-25)28-27(26(33)19-14-23-12-9-8-10-13-23)29(34)30(35)32(28)21-11-20-31(5-2)6-3/h8-10,12-19,28,34H,4-7,11,20-22H2,1-3H3. The molecule has 1 heterocycles. The molecule has 2 aromatic rings. The third-order valence-electron chi connectivity index (χ3n) is 6.53. The number of carbonyl (C=O) groups excluding carboxylic acids is 2. The Labute approximate surface area is 214 Å². The lowest BCUT2D eigenvalue weighted by Crippen LogP contribution is -2.34. The van der Waals surface area contributed by atoms with E-state index in [0.29, 0.717) is 13.2 Å². The minimum absolute atomic E-state index is 0.120. The maximum absolute atomic E-state index is 13.3.